The van der Waals surface area contributed by atoms with Crippen LogP contribution in [0, 0.1) is 0 Å². The van der Waals surface area contributed by atoms with Crippen molar-refractivity contribution in [3.8, 4) is 0 Å². The van der Waals surface area contributed by atoms with E-state index in [0.29, 0.717) is 0 Å². The average Bonchev–Trinajstić information content (AvgIpc) is 2.87. The molecule has 0 aromatic carbocycles. The van der Waals surface area contributed by atoms with E-state index in [-0.39, 0.29) is 11.9 Å². The van der Waals surface area contributed by atoms with Crippen molar-refractivity contribution in [2.75, 3.05) is 11.9 Å². The molecule has 1 amide bonds. The van der Waals surface area contributed by atoms with Gasteiger partial charge in [-0.2, -0.15) is 5.10 Å². The fourth-order valence-electron chi connectivity index (χ4n) is 2.03. The maximum atomic E-state index is 11.9. The molecule has 1 atom stereocenters. The Morgan fingerprint density at radius 3 is 3.19 bits per heavy atom. The summed E-state index contributed by atoms with van der Waals surface area (Å²) in [5, 5.41) is 10.4. The first-order valence-corrected chi connectivity index (χ1v) is 5.77. The molecule has 2 N–H and O–H groups in total. The number of aromatic nitrogens is 2. The maximum absolute atomic E-state index is 11.9. The van der Waals surface area contributed by atoms with Crippen LogP contribution in [0.4, 0.5) is 5.69 Å². The van der Waals surface area contributed by atoms with E-state index in [1.54, 1.807) is 4.68 Å². The third kappa shape index (κ3) is 2.24. The Morgan fingerprint density at radius 2 is 2.56 bits per heavy atom. The summed E-state index contributed by atoms with van der Waals surface area (Å²) in [6.45, 7) is 2.97. The van der Waals surface area contributed by atoms with Crippen molar-refractivity contribution in [3.63, 3.8) is 0 Å². The van der Waals surface area contributed by atoms with Gasteiger partial charge >= 0.3 is 0 Å². The van der Waals surface area contributed by atoms with Crippen LogP contribution in [-0.4, -0.2) is 28.3 Å². The molecule has 1 aliphatic rings. The molecule has 0 aliphatic carbocycles. The Labute approximate surface area is 95.2 Å². The van der Waals surface area contributed by atoms with Gasteiger partial charge in [-0.05, 0) is 25.8 Å². The zero-order chi connectivity index (χ0) is 11.5. The summed E-state index contributed by atoms with van der Waals surface area (Å²) in [5.74, 6) is 0.0557. The van der Waals surface area contributed by atoms with Crippen LogP contribution in [0.25, 0.3) is 0 Å². The predicted molar refractivity (Wildman–Crippen MR) is 62.2 cm³/mol. The molecule has 1 fully saturated rings. The maximum Gasteiger partial charge on any atom is 0.241 e. The van der Waals surface area contributed by atoms with Crippen molar-refractivity contribution in [1.82, 2.24) is 15.1 Å². The van der Waals surface area contributed by atoms with Gasteiger partial charge in [-0.3, -0.25) is 9.48 Å². The van der Waals surface area contributed by atoms with Crippen LogP contribution in [0.1, 0.15) is 25.5 Å². The lowest BCUT2D eigenvalue weighted by Crippen LogP contribution is -2.35. The number of aryl methyl sites for hydroxylation is 2. The number of nitrogens with zero attached hydrogens (tertiary/aromatic N) is 2. The van der Waals surface area contributed by atoms with Gasteiger partial charge in [0, 0.05) is 13.2 Å². The van der Waals surface area contributed by atoms with E-state index in [1.165, 1.54) is 0 Å². The first kappa shape index (κ1) is 11.1. The van der Waals surface area contributed by atoms with Crippen molar-refractivity contribution in [1.29, 1.82) is 0 Å². The third-order valence-corrected chi connectivity index (χ3v) is 2.87. The highest BCUT2D eigenvalue weighted by atomic mass is 16.2. The van der Waals surface area contributed by atoms with E-state index < -0.39 is 0 Å². The predicted octanol–water partition coefficient (Wildman–Crippen LogP) is 0.673. The number of hydrogen-bond donors (Lipinski definition) is 2. The Morgan fingerprint density at radius 1 is 1.75 bits per heavy atom. The summed E-state index contributed by atoms with van der Waals surface area (Å²) in [5.41, 5.74) is 1.78. The largest absolute Gasteiger partial charge is 0.322 e. The van der Waals surface area contributed by atoms with Crippen LogP contribution >= 0.6 is 0 Å². The summed E-state index contributed by atoms with van der Waals surface area (Å²) in [4.78, 5) is 11.9. The second-order valence-electron chi connectivity index (χ2n) is 4.15. The number of nitrogens with one attached hydrogen (secondary N) is 2. The molecule has 0 radical (unpaired) electrons. The van der Waals surface area contributed by atoms with Crippen molar-refractivity contribution in [2.45, 2.75) is 32.2 Å². The van der Waals surface area contributed by atoms with Crippen LogP contribution in [0.5, 0.6) is 0 Å². The Bertz CT molecular complexity index is 379. The minimum atomic E-state index is -0.0371. The normalized spacial score (nSPS) is 20.0. The molecular weight excluding hydrogens is 204 g/mol. The third-order valence-electron chi connectivity index (χ3n) is 2.87. The first-order chi connectivity index (χ1) is 7.70. The molecule has 88 valence electrons. The van der Waals surface area contributed by atoms with Gasteiger partial charge in [0.05, 0.1) is 17.4 Å². The lowest BCUT2D eigenvalue weighted by molar-refractivity contribution is -0.117. The van der Waals surface area contributed by atoms with Gasteiger partial charge in [-0.25, -0.2) is 0 Å². The number of carbonyl (C=O) groups excluding carboxylic acids is 1. The summed E-state index contributed by atoms with van der Waals surface area (Å²) in [6, 6.07) is -0.0371. The molecule has 2 heterocycles. The van der Waals surface area contributed by atoms with Gasteiger partial charge < -0.3 is 10.6 Å². The van der Waals surface area contributed by atoms with Gasteiger partial charge in [0.2, 0.25) is 5.91 Å². The molecule has 1 aliphatic heterocycles. The van der Waals surface area contributed by atoms with Crippen LogP contribution in [0.15, 0.2) is 6.20 Å². The van der Waals surface area contributed by atoms with Crippen molar-refractivity contribution in [3.05, 3.63) is 11.9 Å². The van der Waals surface area contributed by atoms with Crippen LogP contribution in [0.3, 0.4) is 0 Å². The molecule has 2 rings (SSSR count). The molecule has 1 aromatic heterocycles. The van der Waals surface area contributed by atoms with Gasteiger partial charge in [0.25, 0.3) is 0 Å². The molecule has 1 saturated heterocycles. The summed E-state index contributed by atoms with van der Waals surface area (Å²) >= 11 is 0. The number of amides is 1. The van der Waals surface area contributed by atoms with Crippen LogP contribution in [-0.2, 0) is 18.3 Å². The molecule has 0 bridgehead atoms. The minimum Gasteiger partial charge on any atom is -0.322 e. The number of rotatable bonds is 3. The zero-order valence-electron chi connectivity index (χ0n) is 9.79. The van der Waals surface area contributed by atoms with Crippen LogP contribution < -0.4 is 10.6 Å². The van der Waals surface area contributed by atoms with Gasteiger partial charge in [0.1, 0.15) is 0 Å². The van der Waals surface area contributed by atoms with E-state index >= 15 is 0 Å². The standard InChI is InChI=1S/C11H18N4O/c1-3-8-10(7-15(2)14-8)13-11(16)9-5-4-6-12-9/h7,9,12H,3-6H2,1-2H3,(H,13,16)/t9-/m1/s1. The van der Waals surface area contributed by atoms with E-state index in [1.807, 2.05) is 20.2 Å². The molecule has 1 aromatic rings. The second kappa shape index (κ2) is 4.65. The zero-order valence-corrected chi connectivity index (χ0v) is 9.79. The molecule has 0 unspecified atom stereocenters. The van der Waals surface area contributed by atoms with E-state index in [9.17, 15) is 4.79 Å². The fraction of sp³-hybridized carbons (Fsp3) is 0.636. The smallest absolute Gasteiger partial charge is 0.241 e. The van der Waals surface area contributed by atoms with Crippen molar-refractivity contribution < 1.29 is 4.79 Å². The van der Waals surface area contributed by atoms with E-state index in [2.05, 4.69) is 15.7 Å². The number of hydrogen-bond acceptors (Lipinski definition) is 3. The summed E-state index contributed by atoms with van der Waals surface area (Å²) in [7, 11) is 1.86. The lowest BCUT2D eigenvalue weighted by atomic mass is 10.2. The minimum absolute atomic E-state index is 0.0371. The Kier molecular flexibility index (Phi) is 3.24. The van der Waals surface area contributed by atoms with Crippen molar-refractivity contribution in [2.24, 2.45) is 7.05 Å². The van der Waals surface area contributed by atoms with Gasteiger partial charge in [-0.15, -0.1) is 0 Å². The molecule has 5 heteroatoms. The molecule has 0 saturated carbocycles. The van der Waals surface area contributed by atoms with Gasteiger partial charge in [0.15, 0.2) is 0 Å². The quantitative estimate of drug-likeness (QED) is 0.790. The highest BCUT2D eigenvalue weighted by molar-refractivity contribution is 5.95. The van der Waals surface area contributed by atoms with E-state index in [0.717, 1.165) is 37.2 Å². The van der Waals surface area contributed by atoms with Gasteiger partial charge in [-0.1, -0.05) is 6.92 Å². The number of anilines is 1. The highest BCUT2D eigenvalue weighted by Gasteiger charge is 2.22. The van der Waals surface area contributed by atoms with E-state index in [4.69, 9.17) is 0 Å². The number of carbonyl (C=O) groups is 1. The average molecular weight is 222 g/mol. The SMILES string of the molecule is CCc1nn(C)cc1NC(=O)[C@H]1CCCN1. The monoisotopic (exact) mass is 222 g/mol. The molecule has 0 spiro atoms. The van der Waals surface area contributed by atoms with Crippen molar-refractivity contribution >= 4 is 11.6 Å². The summed E-state index contributed by atoms with van der Waals surface area (Å²) < 4.78 is 1.73. The first-order valence-electron chi connectivity index (χ1n) is 5.77. The lowest BCUT2D eigenvalue weighted by Gasteiger charge is -2.10. The topological polar surface area (TPSA) is 59.0 Å². The van der Waals surface area contributed by atoms with Crippen LogP contribution in [0.2, 0.25) is 0 Å². The second-order valence-corrected chi connectivity index (χ2v) is 4.15. The molecular formula is C11H18N4O. The summed E-state index contributed by atoms with van der Waals surface area (Å²) in [6.07, 6.45) is 4.68. The Hall–Kier alpha value is -1.36. The molecule has 5 nitrogen and oxygen atoms in total. The highest BCUT2D eigenvalue weighted by Crippen LogP contribution is 2.15. The Balaban J connectivity index is 2.04. The molecule has 16 heavy (non-hydrogen) atoms. The fourth-order valence-corrected chi connectivity index (χ4v) is 2.03.